The van der Waals surface area contributed by atoms with E-state index >= 15 is 0 Å². The molecule has 3 heteroatoms. The summed E-state index contributed by atoms with van der Waals surface area (Å²) in [6.07, 6.45) is 0. The zero-order valence-electron chi connectivity index (χ0n) is 24.1. The molecule has 0 fully saturated rings. The van der Waals surface area contributed by atoms with Gasteiger partial charge in [0.15, 0.2) is 0 Å². The van der Waals surface area contributed by atoms with Gasteiger partial charge in [-0.3, -0.25) is 0 Å². The number of hydrogen-bond donors (Lipinski definition) is 0. The van der Waals surface area contributed by atoms with E-state index in [1.165, 1.54) is 104 Å². The van der Waals surface area contributed by atoms with Gasteiger partial charge in [-0.2, -0.15) is 0 Å². The quantitative estimate of drug-likeness (QED) is 0.187. The molecule has 0 aliphatic carbocycles. The fourth-order valence-electron chi connectivity index (χ4n) is 8.86. The van der Waals surface area contributed by atoms with Crippen molar-refractivity contribution in [2.75, 3.05) is 0 Å². The van der Waals surface area contributed by atoms with Crippen LogP contribution >= 0.6 is 0 Å². The highest BCUT2D eigenvalue weighted by Gasteiger charge is 2.26. The highest BCUT2D eigenvalue weighted by molar-refractivity contribution is 6.39. The van der Waals surface area contributed by atoms with Crippen LogP contribution in [-0.2, 0) is 0 Å². The Labute approximate surface area is 256 Å². The van der Waals surface area contributed by atoms with E-state index in [9.17, 15) is 0 Å². The minimum atomic E-state index is 1.19. The predicted octanol–water partition coefficient (Wildman–Crippen LogP) is 11.1. The first-order valence-corrected chi connectivity index (χ1v) is 15.6. The smallest absolute Gasteiger partial charge is 0.0641 e. The minimum Gasteiger partial charge on any atom is -0.309 e. The van der Waals surface area contributed by atoms with Crippen molar-refractivity contribution in [2.45, 2.75) is 0 Å². The molecule has 5 heterocycles. The van der Waals surface area contributed by atoms with Gasteiger partial charge in [0, 0.05) is 59.5 Å². The van der Waals surface area contributed by atoms with Crippen molar-refractivity contribution in [1.29, 1.82) is 0 Å². The van der Waals surface area contributed by atoms with E-state index in [1.54, 1.807) is 0 Å². The first-order valence-electron chi connectivity index (χ1n) is 15.6. The fraction of sp³-hybridized carbons (Fsp3) is 0. The molecule has 0 aliphatic rings. The lowest BCUT2D eigenvalue weighted by atomic mass is 10.0. The summed E-state index contributed by atoms with van der Waals surface area (Å²) in [5.74, 6) is 0. The standard InChI is InChI=1S/C42H23N3/c1-2-11-24(12-3-1)43-32-18-7-4-13-25(32)27-21-22-35-38(41(27)43)30-17-10-16-29-37-36(45(35)40(29)30)23-31-26-14-5-8-19-33(26)44-34-20-9-6-15-28(34)39(37)42(31)44/h1-23H. The number of benzene rings is 7. The molecule has 7 aromatic carbocycles. The Hall–Kier alpha value is -6.06. The lowest BCUT2D eigenvalue weighted by Crippen LogP contribution is -1.93. The maximum Gasteiger partial charge on any atom is 0.0641 e. The molecule has 3 nitrogen and oxygen atoms in total. The summed E-state index contributed by atoms with van der Waals surface area (Å²) in [4.78, 5) is 0. The summed E-state index contributed by atoms with van der Waals surface area (Å²) >= 11 is 0. The van der Waals surface area contributed by atoms with Gasteiger partial charge in [0.25, 0.3) is 0 Å². The Morgan fingerprint density at radius 1 is 0.289 bits per heavy atom. The highest BCUT2D eigenvalue weighted by atomic mass is 15.0. The van der Waals surface area contributed by atoms with Gasteiger partial charge in [0.1, 0.15) is 0 Å². The first-order chi connectivity index (χ1) is 22.4. The van der Waals surface area contributed by atoms with Crippen LogP contribution in [0.25, 0.3) is 104 Å². The molecular formula is C42H23N3. The molecule has 0 bridgehead atoms. The Morgan fingerprint density at radius 2 is 0.889 bits per heavy atom. The third-order valence-electron chi connectivity index (χ3n) is 10.5. The molecule has 0 aliphatic heterocycles. The third kappa shape index (κ3) is 2.43. The second kappa shape index (κ2) is 7.53. The van der Waals surface area contributed by atoms with Gasteiger partial charge in [-0.1, -0.05) is 97.1 Å². The van der Waals surface area contributed by atoms with E-state index in [0.29, 0.717) is 0 Å². The van der Waals surface area contributed by atoms with Crippen molar-refractivity contribution in [3.63, 3.8) is 0 Å². The average Bonchev–Trinajstić information content (AvgIpc) is 3.88. The molecule has 0 saturated carbocycles. The van der Waals surface area contributed by atoms with Crippen molar-refractivity contribution in [3.05, 3.63) is 140 Å². The Kier molecular flexibility index (Phi) is 3.76. The van der Waals surface area contributed by atoms with Crippen LogP contribution in [0, 0.1) is 0 Å². The molecule has 0 saturated heterocycles. The van der Waals surface area contributed by atoms with Crippen molar-refractivity contribution in [3.8, 4) is 5.69 Å². The number of aromatic nitrogens is 3. The summed E-state index contributed by atoms with van der Waals surface area (Å²) in [6, 6.07) is 51.6. The maximum atomic E-state index is 2.56. The van der Waals surface area contributed by atoms with Crippen LogP contribution < -0.4 is 0 Å². The van der Waals surface area contributed by atoms with Crippen LogP contribution in [-0.4, -0.2) is 13.4 Å². The average molecular weight is 570 g/mol. The molecule has 0 amide bonds. The molecule has 0 N–H and O–H groups in total. The first kappa shape index (κ1) is 22.5. The fourth-order valence-corrected chi connectivity index (χ4v) is 8.86. The van der Waals surface area contributed by atoms with Crippen LogP contribution in [0.5, 0.6) is 0 Å². The second-order valence-corrected chi connectivity index (χ2v) is 12.5. The number of para-hydroxylation sites is 5. The van der Waals surface area contributed by atoms with Gasteiger partial charge < -0.3 is 13.4 Å². The lowest BCUT2D eigenvalue weighted by molar-refractivity contribution is 1.19. The van der Waals surface area contributed by atoms with Crippen molar-refractivity contribution in [1.82, 2.24) is 13.4 Å². The molecule has 12 rings (SSSR count). The lowest BCUT2D eigenvalue weighted by Gasteiger charge is -2.09. The van der Waals surface area contributed by atoms with Crippen LogP contribution in [0.2, 0.25) is 0 Å². The van der Waals surface area contributed by atoms with Crippen molar-refractivity contribution in [2.24, 2.45) is 0 Å². The summed E-state index contributed by atoms with van der Waals surface area (Å²) < 4.78 is 7.52. The number of fused-ring (bicyclic) bond motifs is 17. The summed E-state index contributed by atoms with van der Waals surface area (Å²) in [5.41, 5.74) is 11.4. The molecular weight excluding hydrogens is 546 g/mol. The van der Waals surface area contributed by atoms with Crippen LogP contribution in [0.4, 0.5) is 0 Å². The minimum absolute atomic E-state index is 1.19. The Balaban J connectivity index is 1.39. The van der Waals surface area contributed by atoms with Gasteiger partial charge >= 0.3 is 0 Å². The molecule has 0 unspecified atom stereocenters. The number of nitrogens with zero attached hydrogens (tertiary/aromatic N) is 3. The molecule has 45 heavy (non-hydrogen) atoms. The zero-order chi connectivity index (χ0) is 29.0. The zero-order valence-corrected chi connectivity index (χ0v) is 24.1. The molecule has 0 atom stereocenters. The molecule has 206 valence electrons. The summed E-state index contributed by atoms with van der Waals surface area (Å²) in [5, 5.41) is 13.2. The van der Waals surface area contributed by atoms with Gasteiger partial charge in [-0.25, -0.2) is 0 Å². The van der Waals surface area contributed by atoms with E-state index in [2.05, 4.69) is 153 Å². The third-order valence-corrected chi connectivity index (χ3v) is 10.5. The van der Waals surface area contributed by atoms with Gasteiger partial charge in [-0.15, -0.1) is 0 Å². The number of rotatable bonds is 1. The molecule has 0 radical (unpaired) electrons. The SMILES string of the molecule is c1ccc(-n2c3ccccc3c3ccc4c(c5cccc6c7c8c9ccccc9n9c%10ccccc%10c(cc7n4c65)c89)c32)cc1. The van der Waals surface area contributed by atoms with Crippen LogP contribution in [0.15, 0.2) is 140 Å². The van der Waals surface area contributed by atoms with E-state index in [1.807, 2.05) is 0 Å². The second-order valence-electron chi connectivity index (χ2n) is 12.5. The van der Waals surface area contributed by atoms with Gasteiger partial charge in [0.05, 0.1) is 44.1 Å². The van der Waals surface area contributed by atoms with Gasteiger partial charge in [0.2, 0.25) is 0 Å². The Morgan fingerprint density at radius 3 is 1.69 bits per heavy atom. The Bertz CT molecular complexity index is 3190. The topological polar surface area (TPSA) is 13.8 Å². The molecule has 12 aromatic rings. The highest BCUT2D eigenvalue weighted by Crippen LogP contribution is 2.49. The monoisotopic (exact) mass is 569 g/mol. The molecule has 0 spiro atoms. The summed E-state index contributed by atoms with van der Waals surface area (Å²) in [7, 11) is 0. The van der Waals surface area contributed by atoms with E-state index in [4.69, 9.17) is 0 Å². The van der Waals surface area contributed by atoms with E-state index in [0.717, 1.165) is 0 Å². The molecule has 5 aromatic heterocycles. The maximum absolute atomic E-state index is 2.56. The van der Waals surface area contributed by atoms with Crippen LogP contribution in [0.3, 0.4) is 0 Å². The van der Waals surface area contributed by atoms with Crippen molar-refractivity contribution < 1.29 is 0 Å². The summed E-state index contributed by atoms with van der Waals surface area (Å²) in [6.45, 7) is 0. The largest absolute Gasteiger partial charge is 0.309 e. The van der Waals surface area contributed by atoms with E-state index in [-0.39, 0.29) is 0 Å². The van der Waals surface area contributed by atoms with Crippen molar-refractivity contribution >= 4 is 98.0 Å². The predicted molar refractivity (Wildman–Crippen MR) is 190 cm³/mol. The van der Waals surface area contributed by atoms with Crippen LogP contribution in [0.1, 0.15) is 0 Å². The number of hydrogen-bond acceptors (Lipinski definition) is 0. The van der Waals surface area contributed by atoms with E-state index < -0.39 is 0 Å². The normalized spacial score (nSPS) is 12.9. The van der Waals surface area contributed by atoms with Gasteiger partial charge in [-0.05, 0) is 42.5 Å².